The highest BCUT2D eigenvalue weighted by Crippen LogP contribution is 2.20. The van der Waals surface area contributed by atoms with Gasteiger partial charge in [0.1, 0.15) is 29.0 Å². The second-order valence-electron chi connectivity index (χ2n) is 7.38. The third-order valence-electron chi connectivity index (χ3n) is 5.06. The Bertz CT molecular complexity index is 1010. The number of rotatable bonds is 6. The Morgan fingerprint density at radius 2 is 1.74 bits per heavy atom. The standard InChI is InChI=1S/C23H26N6O2/c1-17(31-19-8-4-3-5-9-19)23(30)29-14-12-28(13-15-29)22-16-21(25-18(2)26-22)27-20-10-6-7-11-24-20/h3-11,16-17H,12-15H2,1-2H3,(H,24,25,26,27). The second kappa shape index (κ2) is 9.42. The van der Waals surface area contributed by atoms with E-state index in [1.807, 2.05) is 66.4 Å². The predicted octanol–water partition coefficient (Wildman–Crippen LogP) is 3.04. The van der Waals surface area contributed by atoms with Gasteiger partial charge < -0.3 is 19.9 Å². The first-order valence-electron chi connectivity index (χ1n) is 10.4. The van der Waals surface area contributed by atoms with Crippen LogP contribution in [0.2, 0.25) is 0 Å². The molecule has 8 nitrogen and oxygen atoms in total. The zero-order chi connectivity index (χ0) is 21.6. The molecule has 160 valence electrons. The van der Waals surface area contributed by atoms with Crippen molar-refractivity contribution in [3.8, 4) is 5.75 Å². The van der Waals surface area contributed by atoms with Crippen molar-refractivity contribution in [3.05, 3.63) is 66.6 Å². The van der Waals surface area contributed by atoms with E-state index in [9.17, 15) is 4.79 Å². The van der Waals surface area contributed by atoms with Crippen LogP contribution in [0.1, 0.15) is 12.7 Å². The van der Waals surface area contributed by atoms with Crippen LogP contribution in [0.3, 0.4) is 0 Å². The van der Waals surface area contributed by atoms with Crippen LogP contribution in [0, 0.1) is 6.92 Å². The summed E-state index contributed by atoms with van der Waals surface area (Å²) in [4.78, 5) is 30.1. The fourth-order valence-electron chi connectivity index (χ4n) is 3.51. The van der Waals surface area contributed by atoms with Gasteiger partial charge in [-0.1, -0.05) is 24.3 Å². The number of carbonyl (C=O) groups excluding carboxylic acids is 1. The molecule has 1 aliphatic rings. The monoisotopic (exact) mass is 418 g/mol. The molecule has 4 rings (SSSR count). The van der Waals surface area contributed by atoms with Gasteiger partial charge in [0.05, 0.1) is 0 Å². The Kier molecular flexibility index (Phi) is 6.26. The molecule has 1 atom stereocenters. The highest BCUT2D eigenvalue weighted by Gasteiger charge is 2.26. The number of hydrogen-bond acceptors (Lipinski definition) is 7. The number of aromatic nitrogens is 3. The Hall–Kier alpha value is -3.68. The normalized spacial score (nSPS) is 14.8. The Morgan fingerprint density at radius 3 is 2.45 bits per heavy atom. The molecule has 1 N–H and O–H groups in total. The number of piperazine rings is 1. The van der Waals surface area contributed by atoms with E-state index >= 15 is 0 Å². The lowest BCUT2D eigenvalue weighted by atomic mass is 10.2. The molecular formula is C23H26N6O2. The summed E-state index contributed by atoms with van der Waals surface area (Å²) in [6.07, 6.45) is 1.21. The minimum atomic E-state index is -0.524. The maximum Gasteiger partial charge on any atom is 0.263 e. The average molecular weight is 419 g/mol. The molecule has 1 fully saturated rings. The molecule has 1 amide bonds. The number of carbonyl (C=O) groups is 1. The van der Waals surface area contributed by atoms with E-state index < -0.39 is 6.10 Å². The first-order chi connectivity index (χ1) is 15.1. The van der Waals surface area contributed by atoms with Crippen molar-refractivity contribution < 1.29 is 9.53 Å². The smallest absolute Gasteiger partial charge is 0.263 e. The van der Waals surface area contributed by atoms with Crippen molar-refractivity contribution in [2.75, 3.05) is 36.4 Å². The van der Waals surface area contributed by atoms with E-state index in [0.717, 1.165) is 11.6 Å². The van der Waals surface area contributed by atoms with E-state index in [4.69, 9.17) is 4.74 Å². The lowest BCUT2D eigenvalue weighted by molar-refractivity contribution is -0.138. The van der Waals surface area contributed by atoms with Gasteiger partial charge in [-0.15, -0.1) is 0 Å². The molecular weight excluding hydrogens is 392 g/mol. The zero-order valence-corrected chi connectivity index (χ0v) is 17.7. The summed E-state index contributed by atoms with van der Waals surface area (Å²) < 4.78 is 5.79. The molecule has 1 aliphatic heterocycles. The van der Waals surface area contributed by atoms with Crippen LogP contribution in [0.5, 0.6) is 5.75 Å². The van der Waals surface area contributed by atoms with Crippen molar-refractivity contribution in [1.29, 1.82) is 0 Å². The Labute approximate surface area is 181 Å². The average Bonchev–Trinajstić information content (AvgIpc) is 2.79. The van der Waals surface area contributed by atoms with Gasteiger partial charge in [-0.3, -0.25) is 4.79 Å². The van der Waals surface area contributed by atoms with E-state index in [-0.39, 0.29) is 5.91 Å². The van der Waals surface area contributed by atoms with Crippen LogP contribution in [0.25, 0.3) is 0 Å². The van der Waals surface area contributed by atoms with Crippen LogP contribution >= 0.6 is 0 Å². The third-order valence-corrected chi connectivity index (χ3v) is 5.06. The number of pyridine rings is 1. The summed E-state index contributed by atoms with van der Waals surface area (Å²) in [7, 11) is 0. The maximum absolute atomic E-state index is 12.8. The van der Waals surface area contributed by atoms with E-state index in [0.29, 0.717) is 43.6 Å². The van der Waals surface area contributed by atoms with Crippen LogP contribution in [-0.2, 0) is 4.79 Å². The number of hydrogen-bond donors (Lipinski definition) is 1. The maximum atomic E-state index is 12.8. The van der Waals surface area contributed by atoms with Gasteiger partial charge >= 0.3 is 0 Å². The molecule has 1 unspecified atom stereocenters. The van der Waals surface area contributed by atoms with Crippen molar-refractivity contribution >= 4 is 23.4 Å². The number of amides is 1. The molecule has 0 bridgehead atoms. The molecule has 0 spiro atoms. The van der Waals surface area contributed by atoms with Crippen molar-refractivity contribution in [3.63, 3.8) is 0 Å². The Morgan fingerprint density at radius 1 is 1.00 bits per heavy atom. The van der Waals surface area contributed by atoms with E-state index in [1.54, 1.807) is 13.1 Å². The SMILES string of the molecule is Cc1nc(Nc2ccccn2)cc(N2CCN(C(=O)C(C)Oc3ccccc3)CC2)n1. The van der Waals surface area contributed by atoms with Crippen LogP contribution in [0.4, 0.5) is 17.5 Å². The summed E-state index contributed by atoms with van der Waals surface area (Å²) in [5.41, 5.74) is 0. The van der Waals surface area contributed by atoms with Gasteiger partial charge in [0.15, 0.2) is 6.10 Å². The van der Waals surface area contributed by atoms with Gasteiger partial charge in [0.25, 0.3) is 5.91 Å². The minimum absolute atomic E-state index is 0.000112. The zero-order valence-electron chi connectivity index (χ0n) is 17.7. The van der Waals surface area contributed by atoms with Gasteiger partial charge in [-0.05, 0) is 38.1 Å². The van der Waals surface area contributed by atoms with Crippen LogP contribution < -0.4 is 15.0 Å². The van der Waals surface area contributed by atoms with Crippen LogP contribution in [-0.4, -0.2) is 58.0 Å². The molecule has 1 aromatic carbocycles. The summed E-state index contributed by atoms with van der Waals surface area (Å²) >= 11 is 0. The summed E-state index contributed by atoms with van der Waals surface area (Å²) in [5.74, 6) is 3.65. The largest absolute Gasteiger partial charge is 0.481 e. The van der Waals surface area contributed by atoms with Crippen molar-refractivity contribution in [2.24, 2.45) is 0 Å². The van der Waals surface area contributed by atoms with Crippen molar-refractivity contribution in [1.82, 2.24) is 19.9 Å². The number of ether oxygens (including phenoxy) is 1. The number of benzene rings is 1. The molecule has 31 heavy (non-hydrogen) atoms. The van der Waals surface area contributed by atoms with Crippen molar-refractivity contribution in [2.45, 2.75) is 20.0 Å². The number of para-hydroxylation sites is 1. The highest BCUT2D eigenvalue weighted by atomic mass is 16.5. The lowest BCUT2D eigenvalue weighted by Gasteiger charge is -2.36. The number of nitrogens with one attached hydrogen (secondary N) is 1. The minimum Gasteiger partial charge on any atom is -0.481 e. The quantitative estimate of drug-likeness (QED) is 0.659. The van der Waals surface area contributed by atoms with E-state index in [1.165, 1.54) is 0 Å². The van der Waals surface area contributed by atoms with Gasteiger partial charge in [-0.2, -0.15) is 0 Å². The lowest BCUT2D eigenvalue weighted by Crippen LogP contribution is -2.52. The molecule has 8 heteroatoms. The third kappa shape index (κ3) is 5.28. The first-order valence-corrected chi connectivity index (χ1v) is 10.4. The van der Waals surface area contributed by atoms with Crippen LogP contribution in [0.15, 0.2) is 60.8 Å². The summed E-state index contributed by atoms with van der Waals surface area (Å²) in [6.45, 7) is 6.30. The topological polar surface area (TPSA) is 83.5 Å². The molecule has 0 saturated carbocycles. The fourth-order valence-corrected chi connectivity index (χ4v) is 3.51. The summed E-state index contributed by atoms with van der Waals surface area (Å²) in [6, 6.07) is 17.0. The number of anilines is 3. The summed E-state index contributed by atoms with van der Waals surface area (Å²) in [5, 5.41) is 3.22. The van der Waals surface area contributed by atoms with E-state index in [2.05, 4.69) is 25.2 Å². The molecule has 3 heterocycles. The fraction of sp³-hybridized carbons (Fsp3) is 0.304. The number of nitrogens with zero attached hydrogens (tertiary/aromatic N) is 5. The molecule has 0 aliphatic carbocycles. The second-order valence-corrected chi connectivity index (χ2v) is 7.38. The molecule has 1 saturated heterocycles. The van der Waals surface area contributed by atoms with Gasteiger partial charge in [0.2, 0.25) is 0 Å². The molecule has 3 aromatic rings. The Balaban J connectivity index is 1.36. The first kappa shape index (κ1) is 20.6. The molecule has 0 radical (unpaired) electrons. The van der Waals surface area contributed by atoms with Gasteiger partial charge in [-0.25, -0.2) is 15.0 Å². The molecule has 2 aromatic heterocycles. The highest BCUT2D eigenvalue weighted by molar-refractivity contribution is 5.81. The number of aryl methyl sites for hydroxylation is 1. The predicted molar refractivity (Wildman–Crippen MR) is 120 cm³/mol. The van der Waals surface area contributed by atoms with Gasteiger partial charge in [0, 0.05) is 38.4 Å².